The minimum atomic E-state index is -0.152. The molecular formula is C15H19N5O. The number of hydrogen-bond donors (Lipinski definition) is 2. The summed E-state index contributed by atoms with van der Waals surface area (Å²) in [4.78, 5) is 16.1. The minimum Gasteiger partial charge on any atom is -0.333 e. The Morgan fingerprint density at radius 2 is 2.00 bits per heavy atom. The minimum absolute atomic E-state index is 0.0398. The van der Waals surface area contributed by atoms with Gasteiger partial charge in [0.2, 0.25) is 0 Å². The monoisotopic (exact) mass is 285 g/mol. The first kappa shape index (κ1) is 13.6. The maximum atomic E-state index is 11.9. The molecule has 1 heterocycles. The van der Waals surface area contributed by atoms with Crippen LogP contribution in [0.4, 0.5) is 10.5 Å². The number of urea groups is 1. The fraction of sp³-hybridized carbons (Fsp3) is 0.400. The van der Waals surface area contributed by atoms with Crippen LogP contribution in [0.25, 0.3) is 11.4 Å². The van der Waals surface area contributed by atoms with Crippen molar-refractivity contribution in [2.75, 3.05) is 5.32 Å². The molecule has 3 rings (SSSR count). The molecule has 1 saturated carbocycles. The number of hydrogen-bond acceptors (Lipinski definition) is 3. The van der Waals surface area contributed by atoms with Crippen molar-refractivity contribution >= 4 is 11.7 Å². The first-order valence-corrected chi connectivity index (χ1v) is 7.09. The van der Waals surface area contributed by atoms with E-state index in [4.69, 9.17) is 0 Å². The van der Waals surface area contributed by atoms with Gasteiger partial charge in [0.15, 0.2) is 5.82 Å². The SMILES string of the molecule is Cn1cnc(-c2ccc(NC(=O)NC3(C)CCC3)cc2)n1. The molecule has 2 amide bonds. The summed E-state index contributed by atoms with van der Waals surface area (Å²) in [5, 5.41) is 10.1. The third kappa shape index (κ3) is 3.04. The topological polar surface area (TPSA) is 71.8 Å². The molecule has 0 aliphatic heterocycles. The zero-order valence-electron chi connectivity index (χ0n) is 12.3. The summed E-state index contributed by atoms with van der Waals surface area (Å²) in [6.45, 7) is 2.08. The number of nitrogens with one attached hydrogen (secondary N) is 2. The van der Waals surface area contributed by atoms with Gasteiger partial charge < -0.3 is 10.6 Å². The van der Waals surface area contributed by atoms with Crippen molar-refractivity contribution in [3.8, 4) is 11.4 Å². The van der Waals surface area contributed by atoms with Crippen molar-refractivity contribution < 1.29 is 4.79 Å². The van der Waals surface area contributed by atoms with Crippen molar-refractivity contribution in [1.82, 2.24) is 20.1 Å². The summed E-state index contributed by atoms with van der Waals surface area (Å²) < 4.78 is 1.66. The first-order valence-electron chi connectivity index (χ1n) is 7.09. The van der Waals surface area contributed by atoms with Crippen molar-refractivity contribution in [2.45, 2.75) is 31.7 Å². The molecule has 6 heteroatoms. The molecule has 2 N–H and O–H groups in total. The van der Waals surface area contributed by atoms with Gasteiger partial charge in [0.1, 0.15) is 6.33 Å². The van der Waals surface area contributed by atoms with E-state index in [1.807, 2.05) is 31.3 Å². The molecule has 110 valence electrons. The highest BCUT2D eigenvalue weighted by molar-refractivity contribution is 5.90. The van der Waals surface area contributed by atoms with Gasteiger partial charge in [-0.3, -0.25) is 4.68 Å². The lowest BCUT2D eigenvalue weighted by Crippen LogP contribution is -2.52. The van der Waals surface area contributed by atoms with Crippen molar-refractivity contribution in [3.63, 3.8) is 0 Å². The molecule has 2 aromatic rings. The van der Waals surface area contributed by atoms with Crippen LogP contribution in [-0.2, 0) is 7.05 Å². The number of aromatic nitrogens is 3. The highest BCUT2D eigenvalue weighted by Gasteiger charge is 2.33. The summed E-state index contributed by atoms with van der Waals surface area (Å²) >= 11 is 0. The van der Waals surface area contributed by atoms with Gasteiger partial charge in [0, 0.05) is 23.8 Å². The van der Waals surface area contributed by atoms with E-state index in [9.17, 15) is 4.79 Å². The quantitative estimate of drug-likeness (QED) is 0.910. The summed E-state index contributed by atoms with van der Waals surface area (Å²) in [7, 11) is 1.83. The van der Waals surface area contributed by atoms with Crippen LogP contribution >= 0.6 is 0 Å². The lowest BCUT2D eigenvalue weighted by molar-refractivity contribution is 0.200. The van der Waals surface area contributed by atoms with Gasteiger partial charge in [-0.15, -0.1) is 0 Å². The molecule has 1 fully saturated rings. The largest absolute Gasteiger partial charge is 0.333 e. The van der Waals surface area contributed by atoms with E-state index in [0.29, 0.717) is 5.82 Å². The maximum Gasteiger partial charge on any atom is 0.319 e. The standard InChI is InChI=1S/C15H19N5O/c1-15(8-3-9-15)18-14(21)17-12-6-4-11(5-7-12)13-16-10-20(2)19-13/h4-7,10H,3,8-9H2,1-2H3,(H2,17,18,21). The van der Waals surface area contributed by atoms with Crippen LogP contribution < -0.4 is 10.6 Å². The predicted octanol–water partition coefficient (Wildman–Crippen LogP) is 2.55. The molecule has 0 spiro atoms. The number of nitrogens with zero attached hydrogens (tertiary/aromatic N) is 3. The molecule has 0 bridgehead atoms. The first-order chi connectivity index (χ1) is 10.0. The smallest absolute Gasteiger partial charge is 0.319 e. The van der Waals surface area contributed by atoms with Crippen molar-refractivity contribution in [3.05, 3.63) is 30.6 Å². The lowest BCUT2D eigenvalue weighted by atomic mass is 9.79. The summed E-state index contributed by atoms with van der Waals surface area (Å²) in [6.07, 6.45) is 4.94. The predicted molar refractivity (Wildman–Crippen MR) is 80.8 cm³/mol. The molecule has 0 unspecified atom stereocenters. The van der Waals surface area contributed by atoms with Crippen LogP contribution in [0.5, 0.6) is 0 Å². The number of aryl methyl sites for hydroxylation is 1. The second kappa shape index (κ2) is 5.20. The summed E-state index contributed by atoms with van der Waals surface area (Å²) in [5.41, 5.74) is 1.64. The molecule has 0 radical (unpaired) electrons. The average Bonchev–Trinajstić information content (AvgIpc) is 2.84. The Morgan fingerprint density at radius 3 is 2.52 bits per heavy atom. The van der Waals surface area contributed by atoms with E-state index in [-0.39, 0.29) is 11.6 Å². The van der Waals surface area contributed by atoms with E-state index in [1.165, 1.54) is 6.42 Å². The number of amides is 2. The van der Waals surface area contributed by atoms with Crippen LogP contribution in [0.15, 0.2) is 30.6 Å². The van der Waals surface area contributed by atoms with Crippen LogP contribution in [0.2, 0.25) is 0 Å². The fourth-order valence-corrected chi connectivity index (χ4v) is 2.44. The third-order valence-corrected chi connectivity index (χ3v) is 3.87. The van der Waals surface area contributed by atoms with E-state index < -0.39 is 0 Å². The molecule has 21 heavy (non-hydrogen) atoms. The van der Waals surface area contributed by atoms with Gasteiger partial charge in [-0.1, -0.05) is 0 Å². The Morgan fingerprint density at radius 1 is 1.29 bits per heavy atom. The molecular weight excluding hydrogens is 266 g/mol. The van der Waals surface area contributed by atoms with Gasteiger partial charge in [-0.25, -0.2) is 9.78 Å². The average molecular weight is 285 g/mol. The number of carbonyl (C=O) groups excluding carboxylic acids is 1. The molecule has 1 aliphatic rings. The lowest BCUT2D eigenvalue weighted by Gasteiger charge is -2.38. The maximum absolute atomic E-state index is 11.9. The molecule has 1 aromatic heterocycles. The normalized spacial score (nSPS) is 16.1. The molecule has 1 aromatic carbocycles. The number of rotatable bonds is 3. The van der Waals surface area contributed by atoms with Crippen LogP contribution in [0.1, 0.15) is 26.2 Å². The summed E-state index contributed by atoms with van der Waals surface area (Å²) in [5.74, 6) is 0.676. The Kier molecular flexibility index (Phi) is 3.37. The second-order valence-electron chi connectivity index (χ2n) is 5.81. The number of anilines is 1. The molecule has 1 aliphatic carbocycles. The Balaban J connectivity index is 1.63. The van der Waals surface area contributed by atoms with Gasteiger partial charge in [-0.05, 0) is 50.5 Å². The Bertz CT molecular complexity index is 642. The Labute approximate surface area is 123 Å². The van der Waals surface area contributed by atoms with Gasteiger partial charge >= 0.3 is 6.03 Å². The van der Waals surface area contributed by atoms with Gasteiger partial charge in [0.25, 0.3) is 0 Å². The highest BCUT2D eigenvalue weighted by Crippen LogP contribution is 2.30. The zero-order valence-corrected chi connectivity index (χ0v) is 12.3. The number of benzene rings is 1. The van der Waals surface area contributed by atoms with E-state index in [1.54, 1.807) is 11.0 Å². The Hall–Kier alpha value is -2.37. The van der Waals surface area contributed by atoms with Crippen LogP contribution in [0.3, 0.4) is 0 Å². The van der Waals surface area contributed by atoms with Crippen LogP contribution in [-0.4, -0.2) is 26.3 Å². The van der Waals surface area contributed by atoms with Gasteiger partial charge in [0.05, 0.1) is 0 Å². The van der Waals surface area contributed by atoms with E-state index in [0.717, 1.165) is 24.1 Å². The molecule has 0 atom stereocenters. The van der Waals surface area contributed by atoms with E-state index in [2.05, 4.69) is 27.6 Å². The zero-order chi connectivity index (χ0) is 14.9. The van der Waals surface area contributed by atoms with Crippen molar-refractivity contribution in [1.29, 1.82) is 0 Å². The van der Waals surface area contributed by atoms with Crippen LogP contribution in [0, 0.1) is 0 Å². The molecule has 0 saturated heterocycles. The highest BCUT2D eigenvalue weighted by atomic mass is 16.2. The third-order valence-electron chi connectivity index (χ3n) is 3.87. The fourth-order valence-electron chi connectivity index (χ4n) is 2.44. The van der Waals surface area contributed by atoms with Gasteiger partial charge in [-0.2, -0.15) is 5.10 Å². The molecule has 6 nitrogen and oxygen atoms in total. The van der Waals surface area contributed by atoms with E-state index >= 15 is 0 Å². The summed E-state index contributed by atoms with van der Waals surface area (Å²) in [6, 6.07) is 7.36. The number of carbonyl (C=O) groups is 1. The second-order valence-corrected chi connectivity index (χ2v) is 5.81. The van der Waals surface area contributed by atoms with Crippen molar-refractivity contribution in [2.24, 2.45) is 7.05 Å².